The molecule has 1 aromatic rings. The molecule has 0 atom stereocenters. The molecule has 0 aromatic carbocycles. The van der Waals surface area contributed by atoms with Crippen LogP contribution in [0.1, 0.15) is 28.5 Å². The van der Waals surface area contributed by atoms with E-state index in [1.165, 1.54) is 11.3 Å². The Bertz CT molecular complexity index is 232. The third-order valence-corrected chi connectivity index (χ3v) is 1.70. The van der Waals surface area contributed by atoms with Crippen molar-refractivity contribution in [1.82, 2.24) is 4.98 Å². The molecule has 0 aliphatic heterocycles. The average Bonchev–Trinajstić information content (AvgIpc) is 2.40. The van der Waals surface area contributed by atoms with E-state index >= 15 is 0 Å². The molecule has 62 valence electrons. The van der Waals surface area contributed by atoms with Crippen LogP contribution in [0.2, 0.25) is 0 Å². The summed E-state index contributed by atoms with van der Waals surface area (Å²) in [7, 11) is 0. The number of carboxylic acids is 1. The molecule has 0 bridgehead atoms. The van der Waals surface area contributed by atoms with E-state index in [9.17, 15) is 4.79 Å². The molecule has 0 fully saturated rings. The first-order valence-electron chi connectivity index (χ1n) is 3.36. The van der Waals surface area contributed by atoms with E-state index in [1.54, 1.807) is 6.20 Å². The van der Waals surface area contributed by atoms with E-state index in [-0.39, 0.29) is 5.01 Å². The predicted octanol–water partition coefficient (Wildman–Crippen LogP) is 2.18. The lowest BCUT2D eigenvalue weighted by atomic mass is 10.6. The van der Waals surface area contributed by atoms with Crippen LogP contribution in [0, 0.1) is 6.92 Å². The summed E-state index contributed by atoms with van der Waals surface area (Å²) in [4.78, 5) is 14.7. The van der Waals surface area contributed by atoms with E-state index in [2.05, 4.69) is 4.98 Å². The molecule has 1 heterocycles. The fraction of sp³-hybridized carbons (Fsp3) is 0.429. The molecule has 0 saturated carbocycles. The normalized spacial score (nSPS) is 8.27. The summed E-state index contributed by atoms with van der Waals surface area (Å²) in [6.45, 7) is 5.82. The number of hydrogen-bond acceptors (Lipinski definition) is 3. The highest BCUT2D eigenvalue weighted by Gasteiger charge is 2.04. The summed E-state index contributed by atoms with van der Waals surface area (Å²) in [6, 6.07) is 0. The highest BCUT2D eigenvalue weighted by molar-refractivity contribution is 7.13. The molecule has 11 heavy (non-hydrogen) atoms. The van der Waals surface area contributed by atoms with Crippen LogP contribution in [-0.2, 0) is 0 Å². The van der Waals surface area contributed by atoms with Crippen molar-refractivity contribution in [2.75, 3.05) is 0 Å². The van der Waals surface area contributed by atoms with E-state index in [0.717, 1.165) is 4.88 Å². The van der Waals surface area contributed by atoms with Crippen molar-refractivity contribution in [1.29, 1.82) is 0 Å². The number of thiazole rings is 1. The van der Waals surface area contributed by atoms with Gasteiger partial charge in [0.1, 0.15) is 0 Å². The van der Waals surface area contributed by atoms with Crippen LogP contribution < -0.4 is 0 Å². The number of aromatic nitrogens is 1. The second kappa shape index (κ2) is 4.85. The van der Waals surface area contributed by atoms with Gasteiger partial charge in [0.05, 0.1) is 0 Å². The molecule has 0 unspecified atom stereocenters. The number of carboxylic acid groups (broad SMARTS) is 1. The topological polar surface area (TPSA) is 50.2 Å². The van der Waals surface area contributed by atoms with Gasteiger partial charge >= 0.3 is 5.97 Å². The van der Waals surface area contributed by atoms with Crippen LogP contribution in [0.3, 0.4) is 0 Å². The summed E-state index contributed by atoms with van der Waals surface area (Å²) in [5, 5.41) is 8.51. The molecular weight excluding hydrogens is 162 g/mol. The summed E-state index contributed by atoms with van der Waals surface area (Å²) in [5.74, 6) is -0.951. The minimum Gasteiger partial charge on any atom is -0.476 e. The van der Waals surface area contributed by atoms with Gasteiger partial charge in [-0.1, -0.05) is 13.8 Å². The molecule has 1 rings (SSSR count). The van der Waals surface area contributed by atoms with Gasteiger partial charge < -0.3 is 5.11 Å². The summed E-state index contributed by atoms with van der Waals surface area (Å²) in [5.41, 5.74) is 0. The van der Waals surface area contributed by atoms with Crippen molar-refractivity contribution >= 4 is 17.3 Å². The minimum atomic E-state index is -0.951. The Hall–Kier alpha value is -0.900. The number of rotatable bonds is 1. The van der Waals surface area contributed by atoms with Gasteiger partial charge in [0.25, 0.3) is 0 Å². The van der Waals surface area contributed by atoms with Crippen LogP contribution >= 0.6 is 11.3 Å². The largest absolute Gasteiger partial charge is 0.476 e. The van der Waals surface area contributed by atoms with Gasteiger partial charge in [-0.15, -0.1) is 11.3 Å². The zero-order valence-electron chi connectivity index (χ0n) is 6.79. The quantitative estimate of drug-likeness (QED) is 0.708. The van der Waals surface area contributed by atoms with Crippen molar-refractivity contribution in [3.8, 4) is 0 Å². The molecule has 1 N–H and O–H groups in total. The maximum atomic E-state index is 10.2. The third kappa shape index (κ3) is 3.13. The molecule has 4 heteroatoms. The van der Waals surface area contributed by atoms with Crippen LogP contribution in [0.5, 0.6) is 0 Å². The first-order chi connectivity index (χ1) is 5.20. The highest BCUT2D eigenvalue weighted by Crippen LogP contribution is 2.09. The Labute approximate surface area is 69.7 Å². The van der Waals surface area contributed by atoms with Gasteiger partial charge in [0.15, 0.2) is 0 Å². The molecule has 0 amide bonds. The van der Waals surface area contributed by atoms with Crippen LogP contribution in [-0.4, -0.2) is 16.1 Å². The second-order valence-electron chi connectivity index (χ2n) is 1.58. The third-order valence-electron chi connectivity index (χ3n) is 0.804. The predicted molar refractivity (Wildman–Crippen MR) is 45.2 cm³/mol. The summed E-state index contributed by atoms with van der Waals surface area (Å²) in [6.07, 6.45) is 1.55. The molecule has 0 aliphatic rings. The molecule has 1 aromatic heterocycles. The second-order valence-corrected chi connectivity index (χ2v) is 2.82. The first kappa shape index (κ1) is 10.1. The van der Waals surface area contributed by atoms with Gasteiger partial charge in [-0.25, -0.2) is 9.78 Å². The van der Waals surface area contributed by atoms with Crippen LogP contribution in [0.15, 0.2) is 6.20 Å². The maximum absolute atomic E-state index is 10.2. The van der Waals surface area contributed by atoms with Gasteiger partial charge in [0, 0.05) is 11.1 Å². The van der Waals surface area contributed by atoms with Crippen molar-refractivity contribution in [3.05, 3.63) is 16.1 Å². The molecular formula is C7H11NO2S. The van der Waals surface area contributed by atoms with E-state index < -0.39 is 5.97 Å². The Morgan fingerprint density at radius 1 is 1.64 bits per heavy atom. The van der Waals surface area contributed by atoms with Crippen molar-refractivity contribution in [3.63, 3.8) is 0 Å². The van der Waals surface area contributed by atoms with Crippen LogP contribution in [0.25, 0.3) is 0 Å². The molecule has 0 saturated heterocycles. The lowest BCUT2D eigenvalue weighted by Crippen LogP contribution is -1.92. The van der Waals surface area contributed by atoms with E-state index in [1.807, 2.05) is 20.8 Å². The zero-order valence-corrected chi connectivity index (χ0v) is 7.60. The van der Waals surface area contributed by atoms with Gasteiger partial charge in [-0.05, 0) is 6.92 Å². The smallest absolute Gasteiger partial charge is 0.365 e. The summed E-state index contributed by atoms with van der Waals surface area (Å²) < 4.78 is 0. The van der Waals surface area contributed by atoms with Crippen LogP contribution in [0.4, 0.5) is 0 Å². The maximum Gasteiger partial charge on any atom is 0.365 e. The number of aryl methyl sites for hydroxylation is 1. The fourth-order valence-corrected chi connectivity index (χ4v) is 1.06. The highest BCUT2D eigenvalue weighted by atomic mass is 32.1. The van der Waals surface area contributed by atoms with E-state index in [0.29, 0.717) is 0 Å². The lowest BCUT2D eigenvalue weighted by Gasteiger charge is -1.78. The zero-order chi connectivity index (χ0) is 8.85. The van der Waals surface area contributed by atoms with Crippen molar-refractivity contribution in [2.45, 2.75) is 20.8 Å². The number of hydrogen-bond donors (Lipinski definition) is 1. The Kier molecular flexibility index (Phi) is 4.45. The molecule has 0 aliphatic carbocycles. The summed E-state index contributed by atoms with van der Waals surface area (Å²) >= 11 is 1.19. The number of aromatic carboxylic acids is 1. The first-order valence-corrected chi connectivity index (χ1v) is 4.17. The Morgan fingerprint density at radius 2 is 2.18 bits per heavy atom. The van der Waals surface area contributed by atoms with Crippen molar-refractivity contribution < 1.29 is 9.90 Å². The lowest BCUT2D eigenvalue weighted by molar-refractivity contribution is 0.0696. The van der Waals surface area contributed by atoms with Gasteiger partial charge in [0.2, 0.25) is 5.01 Å². The Balaban J connectivity index is 0.000000461. The average molecular weight is 173 g/mol. The standard InChI is InChI=1S/C5H5NO2S.C2H6/c1-3-2-6-4(9-3)5(7)8;1-2/h2H,1H3,(H,7,8);1-2H3. The number of nitrogens with zero attached hydrogens (tertiary/aromatic N) is 1. The van der Waals surface area contributed by atoms with E-state index in [4.69, 9.17) is 5.11 Å². The van der Waals surface area contributed by atoms with Crippen molar-refractivity contribution in [2.24, 2.45) is 0 Å². The minimum absolute atomic E-state index is 0.160. The fourth-order valence-electron chi connectivity index (χ4n) is 0.454. The van der Waals surface area contributed by atoms with Gasteiger partial charge in [-0.3, -0.25) is 0 Å². The molecule has 3 nitrogen and oxygen atoms in total. The Morgan fingerprint density at radius 3 is 2.36 bits per heavy atom. The van der Waals surface area contributed by atoms with Gasteiger partial charge in [-0.2, -0.15) is 0 Å². The number of carbonyl (C=O) groups is 1. The molecule has 0 spiro atoms. The SMILES string of the molecule is CC.Cc1cnc(C(=O)O)s1. The molecule has 0 radical (unpaired) electrons. The monoisotopic (exact) mass is 173 g/mol.